The highest BCUT2D eigenvalue weighted by Crippen LogP contribution is 2.71. The number of hydrogen-bond acceptors (Lipinski definition) is 4. The zero-order valence-corrected chi connectivity index (χ0v) is 12.8. The predicted molar refractivity (Wildman–Crippen MR) is 82.0 cm³/mol. The van der Waals surface area contributed by atoms with Crippen LogP contribution < -0.4 is 15.8 Å². The molecule has 2 heterocycles. The lowest BCUT2D eigenvalue weighted by Gasteiger charge is -2.50. The molecule has 2 spiro atoms. The molecule has 0 aromatic heterocycles. The third-order valence-electron chi connectivity index (χ3n) is 5.69. The summed E-state index contributed by atoms with van der Waals surface area (Å²) in [6.45, 7) is 5.06. The molecule has 1 aliphatic carbocycles. The zero-order valence-electron chi connectivity index (χ0n) is 12.8. The molecule has 0 radical (unpaired) electrons. The molecular formula is C17H22N2O2. The number of ether oxygens (including phenoxy) is 2. The van der Waals surface area contributed by atoms with Gasteiger partial charge in [-0.1, -0.05) is 0 Å². The summed E-state index contributed by atoms with van der Waals surface area (Å²) >= 11 is 0. The Morgan fingerprint density at radius 1 is 1.24 bits per heavy atom. The van der Waals surface area contributed by atoms with E-state index < -0.39 is 0 Å². The second-order valence-electron chi connectivity index (χ2n) is 6.97. The van der Waals surface area contributed by atoms with E-state index >= 15 is 0 Å². The first-order chi connectivity index (χ1) is 9.94. The van der Waals surface area contributed by atoms with Crippen LogP contribution in [0.4, 0.5) is 5.69 Å². The lowest BCUT2D eigenvalue weighted by atomic mass is 9.60. The Morgan fingerprint density at radius 2 is 2.00 bits per heavy atom. The van der Waals surface area contributed by atoms with Crippen LogP contribution >= 0.6 is 0 Å². The van der Waals surface area contributed by atoms with Crippen LogP contribution in [0.1, 0.15) is 32.3 Å². The molecule has 1 saturated carbocycles. The average Bonchev–Trinajstić information content (AvgIpc) is 3.16. The largest absolute Gasteiger partial charge is 0.487 e. The van der Waals surface area contributed by atoms with Crippen molar-refractivity contribution in [2.75, 3.05) is 19.4 Å². The van der Waals surface area contributed by atoms with E-state index in [2.05, 4.69) is 31.3 Å². The third-order valence-corrected chi connectivity index (χ3v) is 5.69. The number of hydrogen-bond donors (Lipinski definition) is 2. The van der Waals surface area contributed by atoms with Crippen molar-refractivity contribution < 1.29 is 9.47 Å². The highest BCUT2D eigenvalue weighted by Gasteiger charge is 2.72. The van der Waals surface area contributed by atoms with Crippen LogP contribution in [-0.2, 0) is 10.2 Å². The van der Waals surface area contributed by atoms with Gasteiger partial charge < -0.3 is 20.5 Å². The number of benzene rings is 1. The molecule has 112 valence electrons. The Kier molecular flexibility index (Phi) is 2.25. The fraction of sp³-hybridized carbons (Fsp3) is 0.529. The SMILES string of the molecule is CNC1=C[C@@]2(CO1)c1cc(N)ccc1OC(C)(C)C21CC1. The highest BCUT2D eigenvalue weighted by atomic mass is 16.5. The number of anilines is 1. The van der Waals surface area contributed by atoms with Gasteiger partial charge in [-0.2, -0.15) is 0 Å². The topological polar surface area (TPSA) is 56.5 Å². The Balaban J connectivity index is 1.99. The standard InChI is InChI=1S/C17H22N2O2/c1-15(2)17(6-7-17)16(9-14(19-3)20-10-16)12-8-11(18)4-5-13(12)21-15/h4-5,8-9,19H,6-7,10,18H2,1-3H3/t16-/m1/s1. The first-order valence-electron chi connectivity index (χ1n) is 7.57. The normalized spacial score (nSPS) is 30.3. The molecule has 3 N–H and O–H groups in total. The average molecular weight is 286 g/mol. The van der Waals surface area contributed by atoms with Gasteiger partial charge in [0.15, 0.2) is 5.88 Å². The molecule has 0 saturated heterocycles. The van der Waals surface area contributed by atoms with Crippen LogP contribution in [0.2, 0.25) is 0 Å². The van der Waals surface area contributed by atoms with Crippen molar-refractivity contribution in [1.29, 1.82) is 0 Å². The maximum Gasteiger partial charge on any atom is 0.183 e. The zero-order chi connectivity index (χ0) is 14.9. The first kappa shape index (κ1) is 12.9. The highest BCUT2D eigenvalue weighted by molar-refractivity contribution is 5.58. The van der Waals surface area contributed by atoms with Crippen molar-refractivity contribution in [1.82, 2.24) is 5.32 Å². The molecular weight excluding hydrogens is 264 g/mol. The minimum atomic E-state index is -0.209. The number of nitrogens with one attached hydrogen (secondary N) is 1. The van der Waals surface area contributed by atoms with Crippen molar-refractivity contribution >= 4 is 5.69 Å². The van der Waals surface area contributed by atoms with Gasteiger partial charge in [0.2, 0.25) is 0 Å². The van der Waals surface area contributed by atoms with Gasteiger partial charge in [-0.3, -0.25) is 0 Å². The van der Waals surface area contributed by atoms with Crippen LogP contribution in [0.25, 0.3) is 0 Å². The van der Waals surface area contributed by atoms with Crippen LogP contribution in [0.15, 0.2) is 30.2 Å². The van der Waals surface area contributed by atoms with Crippen molar-refractivity contribution in [3.05, 3.63) is 35.7 Å². The van der Waals surface area contributed by atoms with Gasteiger partial charge in [-0.15, -0.1) is 0 Å². The lowest BCUT2D eigenvalue weighted by molar-refractivity contribution is -0.0387. The van der Waals surface area contributed by atoms with E-state index in [1.54, 1.807) is 0 Å². The van der Waals surface area contributed by atoms with Gasteiger partial charge >= 0.3 is 0 Å². The summed E-state index contributed by atoms with van der Waals surface area (Å²) in [5.41, 5.74) is 7.74. The van der Waals surface area contributed by atoms with Gasteiger partial charge in [-0.25, -0.2) is 0 Å². The van der Waals surface area contributed by atoms with E-state index in [0.717, 1.165) is 30.2 Å². The fourth-order valence-electron chi connectivity index (χ4n) is 4.40. The molecule has 0 unspecified atom stereocenters. The summed E-state index contributed by atoms with van der Waals surface area (Å²) in [6, 6.07) is 5.96. The molecule has 1 atom stereocenters. The van der Waals surface area contributed by atoms with Crippen LogP contribution in [0.5, 0.6) is 5.75 Å². The number of rotatable bonds is 1. The summed E-state index contributed by atoms with van der Waals surface area (Å²) in [4.78, 5) is 0. The Bertz CT molecular complexity index is 646. The molecule has 21 heavy (non-hydrogen) atoms. The summed E-state index contributed by atoms with van der Waals surface area (Å²) < 4.78 is 12.3. The minimum Gasteiger partial charge on any atom is -0.487 e. The quantitative estimate of drug-likeness (QED) is 0.779. The molecule has 0 bridgehead atoms. The van der Waals surface area contributed by atoms with Crippen LogP contribution in [0, 0.1) is 5.41 Å². The van der Waals surface area contributed by atoms with E-state index in [-0.39, 0.29) is 16.4 Å². The van der Waals surface area contributed by atoms with E-state index in [1.807, 2.05) is 19.2 Å². The molecule has 3 aliphatic rings. The summed E-state index contributed by atoms with van der Waals surface area (Å²) in [5.74, 6) is 1.79. The second kappa shape index (κ2) is 3.67. The van der Waals surface area contributed by atoms with E-state index in [9.17, 15) is 0 Å². The number of fused-ring (bicyclic) bond motifs is 3. The van der Waals surface area contributed by atoms with Gasteiger partial charge in [0.25, 0.3) is 0 Å². The Labute approximate surface area is 125 Å². The maximum atomic E-state index is 6.35. The third kappa shape index (κ3) is 1.40. The molecule has 0 amide bonds. The molecule has 2 aliphatic heterocycles. The van der Waals surface area contributed by atoms with Gasteiger partial charge in [-0.05, 0) is 51.0 Å². The summed E-state index contributed by atoms with van der Waals surface area (Å²) in [5, 5.41) is 3.14. The summed E-state index contributed by atoms with van der Waals surface area (Å²) in [6.07, 6.45) is 4.57. The predicted octanol–water partition coefficient (Wildman–Crippen LogP) is 2.55. The van der Waals surface area contributed by atoms with Crippen molar-refractivity contribution in [2.45, 2.75) is 37.7 Å². The smallest absolute Gasteiger partial charge is 0.183 e. The molecule has 4 nitrogen and oxygen atoms in total. The first-order valence-corrected chi connectivity index (χ1v) is 7.57. The van der Waals surface area contributed by atoms with Gasteiger partial charge in [0, 0.05) is 23.7 Å². The van der Waals surface area contributed by atoms with E-state index in [1.165, 1.54) is 5.56 Å². The number of nitrogen functional groups attached to an aromatic ring is 1. The lowest BCUT2D eigenvalue weighted by Crippen LogP contribution is -2.55. The molecule has 1 aromatic rings. The molecule has 4 heteroatoms. The summed E-state index contributed by atoms with van der Waals surface area (Å²) in [7, 11) is 1.90. The maximum absolute atomic E-state index is 6.35. The van der Waals surface area contributed by atoms with E-state index in [4.69, 9.17) is 15.2 Å². The van der Waals surface area contributed by atoms with Crippen molar-refractivity contribution in [3.8, 4) is 5.75 Å². The second-order valence-corrected chi connectivity index (χ2v) is 6.97. The minimum absolute atomic E-state index is 0.0966. The Hall–Kier alpha value is -1.84. The van der Waals surface area contributed by atoms with Crippen molar-refractivity contribution in [2.24, 2.45) is 5.41 Å². The monoisotopic (exact) mass is 286 g/mol. The van der Waals surface area contributed by atoms with Crippen LogP contribution in [-0.4, -0.2) is 19.3 Å². The number of nitrogens with two attached hydrogens (primary N) is 1. The molecule has 1 aromatic carbocycles. The fourth-order valence-corrected chi connectivity index (χ4v) is 4.40. The van der Waals surface area contributed by atoms with Gasteiger partial charge in [0.1, 0.15) is 18.0 Å². The van der Waals surface area contributed by atoms with Gasteiger partial charge in [0.05, 0.1) is 5.41 Å². The van der Waals surface area contributed by atoms with Crippen LogP contribution in [0.3, 0.4) is 0 Å². The Morgan fingerprint density at radius 3 is 2.62 bits per heavy atom. The molecule has 1 fully saturated rings. The van der Waals surface area contributed by atoms with Crippen molar-refractivity contribution in [3.63, 3.8) is 0 Å². The molecule has 4 rings (SSSR count). The van der Waals surface area contributed by atoms with E-state index in [0.29, 0.717) is 6.61 Å².